The third-order valence-electron chi connectivity index (χ3n) is 6.09. The van der Waals surface area contributed by atoms with E-state index in [4.69, 9.17) is 9.47 Å². The zero-order valence-corrected chi connectivity index (χ0v) is 18.6. The zero-order chi connectivity index (χ0) is 20.0. The summed E-state index contributed by atoms with van der Waals surface area (Å²) < 4.78 is 11.0. The lowest BCUT2D eigenvalue weighted by Crippen LogP contribution is -2.52. The van der Waals surface area contributed by atoms with E-state index in [2.05, 4.69) is 65.1 Å². The molecule has 2 aliphatic rings. The number of methoxy groups -OCH3 is 1. The molecule has 0 saturated carbocycles. The summed E-state index contributed by atoms with van der Waals surface area (Å²) in [6, 6.07) is 8.55. The Labute approximate surface area is 174 Å². The van der Waals surface area contributed by atoms with Gasteiger partial charge in [0.1, 0.15) is 5.75 Å². The zero-order valence-electron chi connectivity index (χ0n) is 17.7. The van der Waals surface area contributed by atoms with Gasteiger partial charge in [0.15, 0.2) is 5.96 Å². The molecule has 2 aliphatic heterocycles. The van der Waals surface area contributed by atoms with Crippen LogP contribution in [0.25, 0.3) is 0 Å². The summed E-state index contributed by atoms with van der Waals surface area (Å²) in [6.07, 6.45) is 2.04. The number of nitrogens with one attached hydrogen (secondary N) is 1. The van der Waals surface area contributed by atoms with Crippen molar-refractivity contribution in [2.24, 2.45) is 10.9 Å². The Morgan fingerprint density at radius 3 is 2.64 bits per heavy atom. The van der Waals surface area contributed by atoms with Crippen molar-refractivity contribution in [1.82, 2.24) is 10.2 Å². The van der Waals surface area contributed by atoms with Gasteiger partial charge in [-0.15, -0.1) is 0 Å². The molecule has 2 heterocycles. The largest absolute Gasteiger partial charge is 0.497 e. The summed E-state index contributed by atoms with van der Waals surface area (Å²) in [6.45, 7) is 9.26. The van der Waals surface area contributed by atoms with Crippen LogP contribution in [0.5, 0.6) is 5.75 Å². The van der Waals surface area contributed by atoms with Gasteiger partial charge in [-0.3, -0.25) is 4.99 Å². The number of nitrogens with zero attached hydrogens (tertiary/aromatic N) is 2. The quantitative estimate of drug-likeness (QED) is 0.601. The second kappa shape index (κ2) is 9.88. The normalized spacial score (nSPS) is 23.0. The molecule has 1 atom stereocenters. The maximum absolute atomic E-state index is 5.69. The van der Waals surface area contributed by atoms with Gasteiger partial charge in [-0.1, -0.05) is 26.0 Å². The number of aliphatic imine (C=N–C) groups is 1. The molecule has 28 heavy (non-hydrogen) atoms. The van der Waals surface area contributed by atoms with E-state index in [9.17, 15) is 0 Å². The first-order chi connectivity index (χ1) is 13.6. The number of rotatable bonds is 5. The summed E-state index contributed by atoms with van der Waals surface area (Å²) in [7, 11) is 3.62. The average molecular weight is 406 g/mol. The highest BCUT2D eigenvalue weighted by molar-refractivity contribution is 8.00. The minimum Gasteiger partial charge on any atom is -0.497 e. The summed E-state index contributed by atoms with van der Waals surface area (Å²) in [4.78, 5) is 7.05. The Bertz CT molecular complexity index is 642. The van der Waals surface area contributed by atoms with Crippen molar-refractivity contribution in [1.29, 1.82) is 0 Å². The maximum atomic E-state index is 5.69. The van der Waals surface area contributed by atoms with Crippen molar-refractivity contribution in [3.63, 3.8) is 0 Å². The van der Waals surface area contributed by atoms with E-state index in [1.165, 1.54) is 11.3 Å². The van der Waals surface area contributed by atoms with Crippen molar-refractivity contribution in [3.05, 3.63) is 29.8 Å². The molecule has 0 aliphatic carbocycles. The molecule has 1 unspecified atom stereocenters. The molecule has 2 fully saturated rings. The number of hydrogen-bond acceptors (Lipinski definition) is 4. The predicted molar refractivity (Wildman–Crippen MR) is 119 cm³/mol. The molecule has 0 amide bonds. The highest BCUT2D eigenvalue weighted by Crippen LogP contribution is 2.35. The Balaban J connectivity index is 1.71. The third-order valence-corrected chi connectivity index (χ3v) is 7.63. The average Bonchev–Trinajstić information content (AvgIpc) is 2.75. The Morgan fingerprint density at radius 2 is 2.04 bits per heavy atom. The minimum atomic E-state index is 0.0719. The van der Waals surface area contributed by atoms with Gasteiger partial charge in [-0.25, -0.2) is 0 Å². The van der Waals surface area contributed by atoms with E-state index in [0.717, 1.165) is 57.4 Å². The standard InChI is InChI=1S/C22H35N3O2S/c1-17(2)20-15-25(11-14-28-20)21(23-3)24-16-22(9-12-27-13-10-22)18-5-7-19(26-4)8-6-18/h5-8,17,20H,9-16H2,1-4H3,(H,23,24). The van der Waals surface area contributed by atoms with Crippen LogP contribution in [0.3, 0.4) is 0 Å². The van der Waals surface area contributed by atoms with Gasteiger partial charge in [-0.05, 0) is 36.5 Å². The first kappa shape index (κ1) is 21.3. The second-order valence-corrected chi connectivity index (χ2v) is 9.47. The molecule has 0 aromatic heterocycles. The predicted octanol–water partition coefficient (Wildman–Crippen LogP) is 3.39. The number of guanidine groups is 1. The van der Waals surface area contributed by atoms with Crippen LogP contribution in [-0.2, 0) is 10.2 Å². The Kier molecular flexibility index (Phi) is 7.52. The summed E-state index contributed by atoms with van der Waals surface area (Å²) >= 11 is 2.10. The second-order valence-electron chi connectivity index (χ2n) is 8.12. The molecule has 6 heteroatoms. The number of hydrogen-bond donors (Lipinski definition) is 1. The van der Waals surface area contributed by atoms with Crippen LogP contribution in [0.15, 0.2) is 29.3 Å². The molecule has 0 spiro atoms. The minimum absolute atomic E-state index is 0.0719. The van der Waals surface area contributed by atoms with Crippen molar-refractivity contribution >= 4 is 17.7 Å². The monoisotopic (exact) mass is 405 g/mol. The van der Waals surface area contributed by atoms with E-state index >= 15 is 0 Å². The molecule has 1 aromatic carbocycles. The van der Waals surface area contributed by atoms with Crippen LogP contribution in [0.1, 0.15) is 32.3 Å². The van der Waals surface area contributed by atoms with Gasteiger partial charge >= 0.3 is 0 Å². The number of benzene rings is 1. The van der Waals surface area contributed by atoms with Crippen LogP contribution in [-0.4, -0.2) is 68.9 Å². The fraction of sp³-hybridized carbons (Fsp3) is 0.682. The maximum Gasteiger partial charge on any atom is 0.193 e. The summed E-state index contributed by atoms with van der Waals surface area (Å²) in [5.74, 6) is 3.79. The molecule has 5 nitrogen and oxygen atoms in total. The SMILES string of the molecule is CN=C(NCC1(c2ccc(OC)cc2)CCOCC1)N1CCSC(C(C)C)C1. The van der Waals surface area contributed by atoms with Crippen LogP contribution in [0.2, 0.25) is 0 Å². The van der Waals surface area contributed by atoms with Gasteiger partial charge < -0.3 is 19.7 Å². The van der Waals surface area contributed by atoms with Crippen molar-refractivity contribution in [2.45, 2.75) is 37.4 Å². The van der Waals surface area contributed by atoms with Crippen LogP contribution in [0, 0.1) is 5.92 Å². The lowest BCUT2D eigenvalue weighted by atomic mass is 9.74. The third kappa shape index (κ3) is 4.95. The summed E-state index contributed by atoms with van der Waals surface area (Å²) in [5.41, 5.74) is 1.43. The van der Waals surface area contributed by atoms with Crippen molar-refractivity contribution in [2.75, 3.05) is 52.8 Å². The van der Waals surface area contributed by atoms with Gasteiger partial charge in [0.25, 0.3) is 0 Å². The molecule has 1 N–H and O–H groups in total. The van der Waals surface area contributed by atoms with Crippen LogP contribution >= 0.6 is 11.8 Å². The lowest BCUT2D eigenvalue weighted by Gasteiger charge is -2.41. The van der Waals surface area contributed by atoms with Crippen molar-refractivity contribution < 1.29 is 9.47 Å². The molecule has 0 radical (unpaired) electrons. The molecule has 0 bridgehead atoms. The molecule has 3 rings (SSSR count). The van der Waals surface area contributed by atoms with Crippen molar-refractivity contribution in [3.8, 4) is 5.75 Å². The molecular formula is C22H35N3O2S. The molecule has 156 valence electrons. The van der Waals surface area contributed by atoms with Gasteiger partial charge in [0.2, 0.25) is 0 Å². The van der Waals surface area contributed by atoms with Gasteiger partial charge in [0.05, 0.1) is 7.11 Å². The topological polar surface area (TPSA) is 46.1 Å². The van der Waals surface area contributed by atoms with Gasteiger partial charge in [-0.2, -0.15) is 11.8 Å². The molecule has 2 saturated heterocycles. The Morgan fingerprint density at radius 1 is 1.32 bits per heavy atom. The summed E-state index contributed by atoms with van der Waals surface area (Å²) in [5, 5.41) is 4.39. The smallest absolute Gasteiger partial charge is 0.193 e. The fourth-order valence-corrected chi connectivity index (χ4v) is 5.42. The molecular weight excluding hydrogens is 370 g/mol. The van der Waals surface area contributed by atoms with E-state index in [-0.39, 0.29) is 5.41 Å². The number of thioether (sulfide) groups is 1. The highest BCUT2D eigenvalue weighted by atomic mass is 32.2. The first-order valence-electron chi connectivity index (χ1n) is 10.4. The fourth-order valence-electron chi connectivity index (χ4n) is 4.13. The van der Waals surface area contributed by atoms with Gasteiger partial charge in [0, 0.05) is 56.3 Å². The van der Waals surface area contributed by atoms with Crippen LogP contribution in [0.4, 0.5) is 0 Å². The van der Waals surface area contributed by atoms with E-state index in [0.29, 0.717) is 11.2 Å². The molecule has 1 aromatic rings. The van der Waals surface area contributed by atoms with E-state index in [1.807, 2.05) is 7.05 Å². The van der Waals surface area contributed by atoms with Crippen LogP contribution < -0.4 is 10.1 Å². The Hall–Kier alpha value is -1.40. The number of ether oxygens (including phenoxy) is 2. The highest BCUT2D eigenvalue weighted by Gasteiger charge is 2.35. The van der Waals surface area contributed by atoms with E-state index < -0.39 is 0 Å². The lowest BCUT2D eigenvalue weighted by molar-refractivity contribution is 0.0511. The first-order valence-corrected chi connectivity index (χ1v) is 11.4. The van der Waals surface area contributed by atoms with E-state index in [1.54, 1.807) is 7.11 Å².